The lowest BCUT2D eigenvalue weighted by atomic mass is 10.1. The molecule has 15 heavy (non-hydrogen) atoms. The minimum Gasteiger partial charge on any atom is -0.225 e. The highest BCUT2D eigenvalue weighted by molar-refractivity contribution is 9.10. The van der Waals surface area contributed by atoms with Gasteiger partial charge < -0.3 is 0 Å². The van der Waals surface area contributed by atoms with Crippen LogP contribution in [0.3, 0.4) is 0 Å². The normalized spacial score (nSPS) is 10.2. The number of halogens is 1. The van der Waals surface area contributed by atoms with E-state index in [9.17, 15) is 0 Å². The van der Waals surface area contributed by atoms with Crippen LogP contribution in [0.25, 0.3) is 0 Å². The van der Waals surface area contributed by atoms with E-state index in [-0.39, 0.29) is 0 Å². The van der Waals surface area contributed by atoms with E-state index in [0.717, 1.165) is 23.1 Å². The van der Waals surface area contributed by atoms with Crippen LogP contribution in [0.4, 0.5) is 0 Å². The Hall–Kier alpha value is -1.29. The Balaban J connectivity index is 1.96. The quantitative estimate of drug-likeness (QED) is 0.854. The molecule has 0 bridgehead atoms. The summed E-state index contributed by atoms with van der Waals surface area (Å²) < 4.78 is 1.10. The summed E-state index contributed by atoms with van der Waals surface area (Å²) in [6.07, 6.45) is 4.87. The van der Waals surface area contributed by atoms with Gasteiger partial charge in [-0.3, -0.25) is 0 Å². The van der Waals surface area contributed by atoms with Gasteiger partial charge in [-0.1, -0.05) is 28.1 Å². The van der Waals surface area contributed by atoms with Gasteiger partial charge in [-0.05, 0) is 24.1 Å². The first kappa shape index (κ1) is 10.2. The van der Waals surface area contributed by atoms with E-state index in [1.807, 2.05) is 12.1 Å². The largest absolute Gasteiger partial charge is 0.225 e. The van der Waals surface area contributed by atoms with E-state index in [2.05, 4.69) is 43.0 Å². The number of hydrogen-bond acceptors (Lipinski definition) is 3. The summed E-state index contributed by atoms with van der Waals surface area (Å²) in [5.41, 5.74) is 1.29. The Morgan fingerprint density at radius 1 is 0.933 bits per heavy atom. The zero-order chi connectivity index (χ0) is 10.5. The van der Waals surface area contributed by atoms with Gasteiger partial charge in [-0.2, -0.15) is 0 Å². The molecule has 76 valence electrons. The standard InChI is InChI=1S/C11H10BrN3/c12-10-4-1-9(2-5-10)3-6-11-14-7-13-8-15-11/h1-2,4-5,7-8H,3,6H2. The molecule has 1 heterocycles. The Labute approximate surface area is 96.7 Å². The fraction of sp³-hybridized carbons (Fsp3) is 0.182. The third-order valence-corrected chi connectivity index (χ3v) is 2.63. The van der Waals surface area contributed by atoms with Crippen molar-refractivity contribution in [2.75, 3.05) is 0 Å². The summed E-state index contributed by atoms with van der Waals surface area (Å²) in [5.74, 6) is 0.841. The Kier molecular flexibility index (Phi) is 3.40. The smallest absolute Gasteiger partial charge is 0.132 e. The van der Waals surface area contributed by atoms with Crippen molar-refractivity contribution in [2.45, 2.75) is 12.8 Å². The van der Waals surface area contributed by atoms with Crippen molar-refractivity contribution in [2.24, 2.45) is 0 Å². The minimum absolute atomic E-state index is 0.841. The van der Waals surface area contributed by atoms with E-state index in [4.69, 9.17) is 0 Å². The van der Waals surface area contributed by atoms with Crippen LogP contribution < -0.4 is 0 Å². The molecule has 0 aliphatic heterocycles. The molecule has 0 atom stereocenters. The first-order valence-electron chi connectivity index (χ1n) is 4.70. The van der Waals surface area contributed by atoms with E-state index in [1.165, 1.54) is 18.2 Å². The highest BCUT2D eigenvalue weighted by Gasteiger charge is 1.97. The molecule has 0 unspecified atom stereocenters. The first-order valence-corrected chi connectivity index (χ1v) is 5.49. The summed E-state index contributed by atoms with van der Waals surface area (Å²) >= 11 is 3.41. The summed E-state index contributed by atoms with van der Waals surface area (Å²) in [7, 11) is 0. The molecule has 0 aliphatic rings. The zero-order valence-electron chi connectivity index (χ0n) is 8.10. The topological polar surface area (TPSA) is 38.7 Å². The molecule has 1 aromatic carbocycles. The zero-order valence-corrected chi connectivity index (χ0v) is 9.68. The highest BCUT2D eigenvalue weighted by Crippen LogP contribution is 2.11. The monoisotopic (exact) mass is 263 g/mol. The molecule has 1 aromatic heterocycles. The summed E-state index contributed by atoms with van der Waals surface area (Å²) in [4.78, 5) is 11.9. The van der Waals surface area contributed by atoms with Crippen LogP contribution >= 0.6 is 15.9 Å². The lowest BCUT2D eigenvalue weighted by Crippen LogP contribution is -1.97. The Morgan fingerprint density at radius 3 is 2.27 bits per heavy atom. The van der Waals surface area contributed by atoms with Gasteiger partial charge in [0, 0.05) is 10.9 Å². The second-order valence-corrected chi connectivity index (χ2v) is 4.10. The van der Waals surface area contributed by atoms with Crippen LogP contribution in [0.2, 0.25) is 0 Å². The maximum absolute atomic E-state index is 4.08. The lowest BCUT2D eigenvalue weighted by Gasteiger charge is -2.00. The van der Waals surface area contributed by atoms with Crippen LogP contribution in [-0.2, 0) is 12.8 Å². The van der Waals surface area contributed by atoms with E-state index >= 15 is 0 Å². The molecular formula is C11H10BrN3. The van der Waals surface area contributed by atoms with Gasteiger partial charge >= 0.3 is 0 Å². The predicted octanol–water partition coefficient (Wildman–Crippen LogP) is 2.42. The van der Waals surface area contributed by atoms with Gasteiger partial charge in [0.25, 0.3) is 0 Å². The van der Waals surface area contributed by atoms with Gasteiger partial charge in [0.05, 0.1) is 0 Å². The average Bonchev–Trinajstić information content (AvgIpc) is 2.30. The molecule has 3 nitrogen and oxygen atoms in total. The molecule has 0 aliphatic carbocycles. The van der Waals surface area contributed by atoms with Crippen molar-refractivity contribution in [3.05, 3.63) is 52.8 Å². The van der Waals surface area contributed by atoms with Crippen molar-refractivity contribution in [3.63, 3.8) is 0 Å². The highest BCUT2D eigenvalue weighted by atomic mass is 79.9. The van der Waals surface area contributed by atoms with E-state index < -0.39 is 0 Å². The third-order valence-electron chi connectivity index (χ3n) is 2.10. The molecule has 4 heteroatoms. The lowest BCUT2D eigenvalue weighted by molar-refractivity contribution is 0.835. The second kappa shape index (κ2) is 4.98. The second-order valence-electron chi connectivity index (χ2n) is 3.18. The number of aryl methyl sites for hydroxylation is 2. The molecule has 2 aromatic rings. The summed E-state index contributed by atoms with van der Waals surface area (Å²) in [6, 6.07) is 8.29. The number of benzene rings is 1. The molecule has 0 saturated carbocycles. The number of rotatable bonds is 3. The van der Waals surface area contributed by atoms with Gasteiger partial charge in [-0.15, -0.1) is 0 Å². The summed E-state index contributed by atoms with van der Waals surface area (Å²) in [6.45, 7) is 0. The first-order chi connectivity index (χ1) is 7.34. The SMILES string of the molecule is Brc1ccc(CCc2ncncn2)cc1. The summed E-state index contributed by atoms with van der Waals surface area (Å²) in [5, 5.41) is 0. The Bertz CT molecular complexity index is 414. The molecular weight excluding hydrogens is 254 g/mol. The van der Waals surface area contributed by atoms with E-state index in [0.29, 0.717) is 0 Å². The van der Waals surface area contributed by atoms with E-state index in [1.54, 1.807) is 0 Å². The van der Waals surface area contributed by atoms with Gasteiger partial charge in [0.2, 0.25) is 0 Å². The fourth-order valence-corrected chi connectivity index (χ4v) is 1.56. The molecule has 0 radical (unpaired) electrons. The molecule has 0 spiro atoms. The van der Waals surface area contributed by atoms with Gasteiger partial charge in [0.15, 0.2) is 0 Å². The van der Waals surface area contributed by atoms with Crippen molar-refractivity contribution in [3.8, 4) is 0 Å². The van der Waals surface area contributed by atoms with Crippen LogP contribution in [0.5, 0.6) is 0 Å². The molecule has 0 saturated heterocycles. The van der Waals surface area contributed by atoms with Crippen molar-refractivity contribution in [1.82, 2.24) is 15.0 Å². The van der Waals surface area contributed by atoms with Gasteiger partial charge in [-0.25, -0.2) is 15.0 Å². The van der Waals surface area contributed by atoms with Crippen molar-refractivity contribution >= 4 is 15.9 Å². The molecule has 0 N–H and O–H groups in total. The van der Waals surface area contributed by atoms with Gasteiger partial charge in [0.1, 0.15) is 18.5 Å². The van der Waals surface area contributed by atoms with Crippen LogP contribution in [0.15, 0.2) is 41.4 Å². The van der Waals surface area contributed by atoms with Crippen molar-refractivity contribution < 1.29 is 0 Å². The Morgan fingerprint density at radius 2 is 1.60 bits per heavy atom. The van der Waals surface area contributed by atoms with Crippen LogP contribution in [-0.4, -0.2) is 15.0 Å². The number of aromatic nitrogens is 3. The average molecular weight is 264 g/mol. The maximum Gasteiger partial charge on any atom is 0.132 e. The van der Waals surface area contributed by atoms with Crippen molar-refractivity contribution in [1.29, 1.82) is 0 Å². The van der Waals surface area contributed by atoms with Crippen LogP contribution in [0.1, 0.15) is 11.4 Å². The fourth-order valence-electron chi connectivity index (χ4n) is 1.30. The molecule has 0 amide bonds. The van der Waals surface area contributed by atoms with Crippen LogP contribution in [0, 0.1) is 0 Å². The maximum atomic E-state index is 4.08. The third kappa shape index (κ3) is 3.09. The number of nitrogens with zero attached hydrogens (tertiary/aromatic N) is 3. The predicted molar refractivity (Wildman–Crippen MR) is 61.4 cm³/mol. The number of hydrogen-bond donors (Lipinski definition) is 0. The molecule has 2 rings (SSSR count). The molecule has 0 fully saturated rings. The minimum atomic E-state index is 0.841.